The first-order valence-electron chi connectivity index (χ1n) is 6.53. The molecule has 2 rings (SSSR count). The van der Waals surface area contributed by atoms with Crippen molar-refractivity contribution in [1.82, 2.24) is 5.32 Å². The summed E-state index contributed by atoms with van der Waals surface area (Å²) in [5, 5.41) is 3.55. The Kier molecular flexibility index (Phi) is 4.23. The van der Waals surface area contributed by atoms with E-state index in [1.54, 1.807) is 0 Å². The average Bonchev–Trinajstić information content (AvgIpc) is 2.59. The van der Waals surface area contributed by atoms with Gasteiger partial charge >= 0.3 is 0 Å². The van der Waals surface area contributed by atoms with Crippen molar-refractivity contribution in [3.63, 3.8) is 0 Å². The highest BCUT2D eigenvalue weighted by Crippen LogP contribution is 2.35. The van der Waals surface area contributed by atoms with Crippen LogP contribution in [0.4, 0.5) is 0 Å². The van der Waals surface area contributed by atoms with E-state index in [-0.39, 0.29) is 5.60 Å². The molecule has 0 fully saturated rings. The van der Waals surface area contributed by atoms with Gasteiger partial charge < -0.3 is 10.1 Å². The predicted octanol–water partition coefficient (Wildman–Crippen LogP) is 3.24. The Morgan fingerprint density at radius 1 is 1.44 bits per heavy atom. The van der Waals surface area contributed by atoms with Gasteiger partial charge in [-0.05, 0) is 44.2 Å². The summed E-state index contributed by atoms with van der Waals surface area (Å²) in [6, 6.07) is 7.11. The van der Waals surface area contributed by atoms with Crippen molar-refractivity contribution in [2.75, 3.05) is 12.0 Å². The summed E-state index contributed by atoms with van der Waals surface area (Å²) in [7, 11) is 0. The van der Waals surface area contributed by atoms with Crippen LogP contribution in [0, 0.1) is 0 Å². The van der Waals surface area contributed by atoms with E-state index in [9.17, 15) is 0 Å². The molecule has 0 aliphatic carbocycles. The Balaban J connectivity index is 1.97. The van der Waals surface area contributed by atoms with Crippen LogP contribution in [0.2, 0.25) is 0 Å². The molecule has 0 bridgehead atoms. The zero-order chi connectivity index (χ0) is 13.2. The monoisotopic (exact) mass is 265 g/mol. The largest absolute Gasteiger partial charge is 0.487 e. The Bertz CT molecular complexity index is 417. The van der Waals surface area contributed by atoms with E-state index >= 15 is 0 Å². The zero-order valence-corrected chi connectivity index (χ0v) is 12.6. The fraction of sp³-hybridized carbons (Fsp3) is 0.600. The molecule has 2 nitrogen and oxygen atoms in total. The van der Waals surface area contributed by atoms with Crippen molar-refractivity contribution >= 4 is 11.8 Å². The Hall–Kier alpha value is -0.670. The van der Waals surface area contributed by atoms with Gasteiger partial charge in [0.25, 0.3) is 0 Å². The zero-order valence-electron chi connectivity index (χ0n) is 11.7. The van der Waals surface area contributed by atoms with Crippen molar-refractivity contribution in [2.24, 2.45) is 0 Å². The molecule has 1 aliphatic rings. The van der Waals surface area contributed by atoms with Crippen LogP contribution in [-0.4, -0.2) is 23.7 Å². The molecule has 1 aromatic rings. The van der Waals surface area contributed by atoms with Gasteiger partial charge in [-0.25, -0.2) is 0 Å². The molecule has 100 valence electrons. The van der Waals surface area contributed by atoms with E-state index in [1.165, 1.54) is 11.1 Å². The van der Waals surface area contributed by atoms with Crippen LogP contribution < -0.4 is 10.1 Å². The summed E-state index contributed by atoms with van der Waals surface area (Å²) < 4.78 is 5.89. The second-order valence-electron chi connectivity index (χ2n) is 5.72. The van der Waals surface area contributed by atoms with Crippen molar-refractivity contribution in [2.45, 2.75) is 45.4 Å². The van der Waals surface area contributed by atoms with Gasteiger partial charge in [0.05, 0.1) is 0 Å². The molecule has 0 saturated heterocycles. The molecule has 0 saturated carbocycles. The number of hydrogen-bond donors (Lipinski definition) is 1. The average molecular weight is 265 g/mol. The molecule has 1 aliphatic heterocycles. The molecule has 18 heavy (non-hydrogen) atoms. The van der Waals surface area contributed by atoms with Gasteiger partial charge in [0.1, 0.15) is 11.4 Å². The highest BCUT2D eigenvalue weighted by Gasteiger charge is 2.29. The molecule has 3 heteroatoms. The first-order valence-corrected chi connectivity index (χ1v) is 7.93. The molecule has 1 N–H and O–H groups in total. The van der Waals surface area contributed by atoms with E-state index in [1.807, 2.05) is 11.8 Å². The standard InChI is InChI=1S/C15H23NOS/c1-11(10-18-4)16-9-12-5-6-14-13(7-12)8-15(2,3)17-14/h5-7,11,16H,8-10H2,1-4H3. The number of ether oxygens (including phenoxy) is 1. The summed E-state index contributed by atoms with van der Waals surface area (Å²) in [6.45, 7) is 7.46. The first-order chi connectivity index (χ1) is 8.50. The number of thioether (sulfide) groups is 1. The summed E-state index contributed by atoms with van der Waals surface area (Å²) in [5.41, 5.74) is 2.65. The normalized spacial score (nSPS) is 18.2. The molecular weight excluding hydrogens is 242 g/mol. The number of fused-ring (bicyclic) bond motifs is 1. The SMILES string of the molecule is CSCC(C)NCc1ccc2c(c1)CC(C)(C)O2. The van der Waals surface area contributed by atoms with Crippen LogP contribution in [0.3, 0.4) is 0 Å². The lowest BCUT2D eigenvalue weighted by Crippen LogP contribution is -2.27. The van der Waals surface area contributed by atoms with Gasteiger partial charge in [-0.2, -0.15) is 11.8 Å². The maximum atomic E-state index is 5.89. The molecule has 1 aromatic carbocycles. The van der Waals surface area contributed by atoms with Crippen LogP contribution >= 0.6 is 11.8 Å². The summed E-state index contributed by atoms with van der Waals surface area (Å²) in [6.07, 6.45) is 3.16. The Morgan fingerprint density at radius 3 is 2.94 bits per heavy atom. The van der Waals surface area contributed by atoms with E-state index in [0.29, 0.717) is 6.04 Å². The molecule has 0 spiro atoms. The molecular formula is C15H23NOS. The van der Waals surface area contributed by atoms with Crippen LogP contribution in [0.1, 0.15) is 31.9 Å². The van der Waals surface area contributed by atoms with Gasteiger partial charge in [0.15, 0.2) is 0 Å². The highest BCUT2D eigenvalue weighted by molar-refractivity contribution is 7.98. The second-order valence-corrected chi connectivity index (χ2v) is 6.63. The first kappa shape index (κ1) is 13.8. The topological polar surface area (TPSA) is 21.3 Å². The van der Waals surface area contributed by atoms with Crippen molar-refractivity contribution in [3.05, 3.63) is 29.3 Å². The summed E-state index contributed by atoms with van der Waals surface area (Å²) in [5.74, 6) is 2.21. The van der Waals surface area contributed by atoms with Crippen LogP contribution in [0.25, 0.3) is 0 Å². The maximum Gasteiger partial charge on any atom is 0.123 e. The third-order valence-corrected chi connectivity index (χ3v) is 4.03. The number of benzene rings is 1. The smallest absolute Gasteiger partial charge is 0.123 e. The lowest BCUT2D eigenvalue weighted by atomic mass is 10.0. The van der Waals surface area contributed by atoms with Gasteiger partial charge in [0, 0.05) is 24.8 Å². The molecule has 1 atom stereocenters. The van der Waals surface area contributed by atoms with Crippen LogP contribution in [-0.2, 0) is 13.0 Å². The quantitative estimate of drug-likeness (QED) is 0.883. The minimum atomic E-state index is -0.0411. The number of nitrogens with one attached hydrogen (secondary N) is 1. The van der Waals surface area contributed by atoms with Crippen molar-refractivity contribution in [3.8, 4) is 5.75 Å². The van der Waals surface area contributed by atoms with E-state index < -0.39 is 0 Å². The third-order valence-electron chi connectivity index (χ3n) is 3.20. The Labute approximate surface area is 114 Å². The molecule has 0 amide bonds. The van der Waals surface area contributed by atoms with Crippen LogP contribution in [0.15, 0.2) is 18.2 Å². The summed E-state index contributed by atoms with van der Waals surface area (Å²) >= 11 is 1.88. The minimum Gasteiger partial charge on any atom is -0.487 e. The molecule has 0 aromatic heterocycles. The second kappa shape index (κ2) is 5.54. The third kappa shape index (κ3) is 3.42. The fourth-order valence-electron chi connectivity index (χ4n) is 2.37. The molecule has 0 radical (unpaired) electrons. The number of hydrogen-bond acceptors (Lipinski definition) is 3. The number of rotatable bonds is 5. The summed E-state index contributed by atoms with van der Waals surface area (Å²) in [4.78, 5) is 0. The lowest BCUT2D eigenvalue weighted by molar-refractivity contribution is 0.138. The van der Waals surface area contributed by atoms with E-state index in [4.69, 9.17) is 4.74 Å². The predicted molar refractivity (Wildman–Crippen MR) is 79.5 cm³/mol. The molecule has 1 unspecified atom stereocenters. The fourth-order valence-corrected chi connectivity index (χ4v) is 2.99. The Morgan fingerprint density at radius 2 is 2.22 bits per heavy atom. The molecule has 1 heterocycles. The van der Waals surface area contributed by atoms with E-state index in [2.05, 4.69) is 50.5 Å². The van der Waals surface area contributed by atoms with Gasteiger partial charge in [-0.1, -0.05) is 12.1 Å². The van der Waals surface area contributed by atoms with Gasteiger partial charge in [0.2, 0.25) is 0 Å². The maximum absolute atomic E-state index is 5.89. The van der Waals surface area contributed by atoms with Gasteiger partial charge in [-0.3, -0.25) is 0 Å². The van der Waals surface area contributed by atoms with Crippen LogP contribution in [0.5, 0.6) is 5.75 Å². The van der Waals surface area contributed by atoms with Crippen molar-refractivity contribution < 1.29 is 4.74 Å². The minimum absolute atomic E-state index is 0.0411. The van der Waals surface area contributed by atoms with Gasteiger partial charge in [-0.15, -0.1) is 0 Å². The lowest BCUT2D eigenvalue weighted by Gasteiger charge is -2.16. The van der Waals surface area contributed by atoms with Crippen molar-refractivity contribution in [1.29, 1.82) is 0 Å². The van der Waals surface area contributed by atoms with E-state index in [0.717, 1.165) is 24.5 Å². The highest BCUT2D eigenvalue weighted by atomic mass is 32.2.